The van der Waals surface area contributed by atoms with Crippen molar-refractivity contribution in [1.29, 1.82) is 0 Å². The van der Waals surface area contributed by atoms with Crippen LogP contribution in [0.4, 0.5) is 13.2 Å². The molecule has 1 fully saturated rings. The van der Waals surface area contributed by atoms with Crippen LogP contribution in [0.2, 0.25) is 0 Å². The van der Waals surface area contributed by atoms with Gasteiger partial charge in [0.1, 0.15) is 0 Å². The lowest BCUT2D eigenvalue weighted by Crippen LogP contribution is -2.46. The molecule has 10 heteroatoms. The van der Waals surface area contributed by atoms with Gasteiger partial charge in [-0.25, -0.2) is 8.42 Å². The third kappa shape index (κ3) is 7.25. The molecule has 220 valence electrons. The summed E-state index contributed by atoms with van der Waals surface area (Å²) >= 11 is 0. The van der Waals surface area contributed by atoms with Crippen molar-refractivity contribution in [3.63, 3.8) is 0 Å². The predicted molar refractivity (Wildman–Crippen MR) is 149 cm³/mol. The van der Waals surface area contributed by atoms with Gasteiger partial charge in [-0.3, -0.25) is 4.79 Å². The molecule has 1 amide bonds. The van der Waals surface area contributed by atoms with Crippen LogP contribution >= 0.6 is 0 Å². The molecule has 0 saturated carbocycles. The van der Waals surface area contributed by atoms with E-state index in [4.69, 9.17) is 0 Å². The molecule has 2 aliphatic rings. The molecular formula is C30H40F3N3O3S. The van der Waals surface area contributed by atoms with Crippen molar-refractivity contribution in [2.75, 3.05) is 6.54 Å². The Morgan fingerprint density at radius 3 is 2.48 bits per heavy atom. The van der Waals surface area contributed by atoms with Gasteiger partial charge >= 0.3 is 6.18 Å². The summed E-state index contributed by atoms with van der Waals surface area (Å²) in [5.74, 6) is -0.247. The quantitative estimate of drug-likeness (QED) is 0.420. The number of benzene rings is 2. The van der Waals surface area contributed by atoms with Gasteiger partial charge in [-0.1, -0.05) is 30.7 Å². The lowest BCUT2D eigenvalue weighted by molar-refractivity contribution is -0.138. The Morgan fingerprint density at radius 1 is 1.02 bits per heavy atom. The molecule has 40 heavy (non-hydrogen) atoms. The van der Waals surface area contributed by atoms with Crippen LogP contribution in [0.3, 0.4) is 0 Å². The Hall–Kier alpha value is -2.43. The van der Waals surface area contributed by atoms with E-state index in [9.17, 15) is 26.4 Å². The lowest BCUT2D eigenvalue weighted by atomic mass is 9.86. The highest BCUT2D eigenvalue weighted by Crippen LogP contribution is 2.35. The minimum atomic E-state index is -4.66. The van der Waals surface area contributed by atoms with E-state index < -0.39 is 32.7 Å². The number of halogens is 3. The van der Waals surface area contributed by atoms with Gasteiger partial charge in [-0.05, 0) is 94.2 Å². The predicted octanol–water partition coefficient (Wildman–Crippen LogP) is 6.03. The Labute approximate surface area is 235 Å². The van der Waals surface area contributed by atoms with Crippen LogP contribution in [-0.4, -0.2) is 36.8 Å². The maximum Gasteiger partial charge on any atom is 0.416 e. The van der Waals surface area contributed by atoms with Gasteiger partial charge in [0.25, 0.3) is 0 Å². The molecule has 1 unspecified atom stereocenters. The molecule has 0 aromatic heterocycles. The highest BCUT2D eigenvalue weighted by Gasteiger charge is 2.38. The van der Waals surface area contributed by atoms with E-state index in [0.29, 0.717) is 18.9 Å². The number of hydrogen-bond acceptors (Lipinski definition) is 4. The number of amides is 1. The zero-order chi connectivity index (χ0) is 29.3. The molecule has 4 rings (SSSR count). The number of aryl methyl sites for hydroxylation is 2. The number of carbonyl (C=O) groups excluding carboxylic acids is 1. The fourth-order valence-electron chi connectivity index (χ4n) is 5.66. The number of nitrogens with zero attached hydrogens (tertiary/aromatic N) is 1. The van der Waals surface area contributed by atoms with Crippen LogP contribution in [0.1, 0.15) is 93.2 Å². The van der Waals surface area contributed by atoms with Crippen molar-refractivity contribution in [3.8, 4) is 0 Å². The molecule has 1 saturated heterocycles. The summed E-state index contributed by atoms with van der Waals surface area (Å²) < 4.78 is 68.6. The summed E-state index contributed by atoms with van der Waals surface area (Å²) in [7, 11) is -4.21. The molecular weight excluding hydrogens is 539 g/mol. The first-order valence-electron chi connectivity index (χ1n) is 14.0. The Balaban J connectivity index is 1.47. The van der Waals surface area contributed by atoms with Crippen LogP contribution in [-0.2, 0) is 34.0 Å². The van der Waals surface area contributed by atoms with Crippen molar-refractivity contribution in [3.05, 3.63) is 64.2 Å². The molecule has 2 aromatic rings. The van der Waals surface area contributed by atoms with E-state index in [-0.39, 0.29) is 36.0 Å². The third-order valence-electron chi connectivity index (χ3n) is 7.79. The van der Waals surface area contributed by atoms with E-state index >= 15 is 0 Å². The van der Waals surface area contributed by atoms with E-state index in [2.05, 4.69) is 49.6 Å². The maximum absolute atomic E-state index is 13.5. The van der Waals surface area contributed by atoms with E-state index in [1.807, 2.05) is 0 Å². The van der Waals surface area contributed by atoms with Gasteiger partial charge in [-0.2, -0.15) is 17.5 Å². The summed E-state index contributed by atoms with van der Waals surface area (Å²) in [6.07, 6.45) is -0.178. The first-order valence-corrected chi connectivity index (χ1v) is 15.4. The summed E-state index contributed by atoms with van der Waals surface area (Å²) in [6.45, 7) is 8.60. The van der Waals surface area contributed by atoms with E-state index in [1.54, 1.807) is 0 Å². The normalized spacial score (nSPS) is 20.7. The molecule has 1 aliphatic carbocycles. The number of nitrogens with one attached hydrogen (secondary N) is 2. The second-order valence-electron chi connectivity index (χ2n) is 12.1. The van der Waals surface area contributed by atoms with Gasteiger partial charge in [0, 0.05) is 31.1 Å². The van der Waals surface area contributed by atoms with Crippen molar-refractivity contribution >= 4 is 15.9 Å². The molecule has 2 atom stereocenters. The molecule has 2 aromatic carbocycles. The van der Waals surface area contributed by atoms with E-state index in [0.717, 1.165) is 37.8 Å². The third-order valence-corrected chi connectivity index (χ3v) is 9.74. The highest BCUT2D eigenvalue weighted by atomic mass is 32.2. The van der Waals surface area contributed by atoms with Gasteiger partial charge in [0.15, 0.2) is 0 Å². The number of alkyl halides is 3. The topological polar surface area (TPSA) is 78.5 Å². The average molecular weight is 580 g/mol. The summed E-state index contributed by atoms with van der Waals surface area (Å²) in [6, 6.07) is 8.70. The fourth-order valence-corrected chi connectivity index (χ4v) is 7.38. The number of piperidine rings is 1. The lowest BCUT2D eigenvalue weighted by Gasteiger charge is -2.35. The summed E-state index contributed by atoms with van der Waals surface area (Å²) in [4.78, 5) is 12.8. The SMILES string of the molecule is Cc1ccc(S(=O)(=O)N2CCCCC2CC(=O)N[C@@H]2CCCc3cc(CNC(C)(C)C)ccc32)cc1C(F)(F)F. The van der Waals surface area contributed by atoms with Gasteiger partial charge in [0.05, 0.1) is 16.5 Å². The van der Waals surface area contributed by atoms with Crippen LogP contribution < -0.4 is 10.6 Å². The minimum absolute atomic E-state index is 0.00691. The Kier molecular flexibility index (Phi) is 9.02. The summed E-state index contributed by atoms with van der Waals surface area (Å²) in [5, 5.41) is 6.62. The Bertz CT molecular complexity index is 1340. The molecule has 2 N–H and O–H groups in total. The highest BCUT2D eigenvalue weighted by molar-refractivity contribution is 7.89. The molecule has 6 nitrogen and oxygen atoms in total. The number of sulfonamides is 1. The minimum Gasteiger partial charge on any atom is -0.349 e. The number of carbonyl (C=O) groups is 1. The molecule has 1 aliphatic heterocycles. The second kappa shape index (κ2) is 11.8. The standard InChI is InChI=1S/C30H40F3N3O3S/c1-20-11-13-24(18-26(20)30(31,32)33)40(38,39)36-15-6-5-9-23(36)17-28(37)35-27-10-7-8-22-16-21(12-14-25(22)27)19-34-29(2,3)4/h11-14,16,18,23,27,34H,5-10,15,17,19H2,1-4H3,(H,35,37)/t23?,27-/m1/s1. The van der Waals surface area contributed by atoms with Crippen LogP contribution in [0.15, 0.2) is 41.3 Å². The van der Waals surface area contributed by atoms with Gasteiger partial charge in [0.2, 0.25) is 15.9 Å². The smallest absolute Gasteiger partial charge is 0.349 e. The largest absolute Gasteiger partial charge is 0.416 e. The number of hydrogen-bond donors (Lipinski definition) is 2. The van der Waals surface area contributed by atoms with Crippen molar-refractivity contribution in [2.45, 2.75) is 108 Å². The van der Waals surface area contributed by atoms with Crippen LogP contribution in [0.25, 0.3) is 0 Å². The van der Waals surface area contributed by atoms with Crippen molar-refractivity contribution < 1.29 is 26.4 Å². The van der Waals surface area contributed by atoms with Crippen molar-refractivity contribution in [1.82, 2.24) is 14.9 Å². The molecule has 0 bridgehead atoms. The number of fused-ring (bicyclic) bond motifs is 1. The van der Waals surface area contributed by atoms with Crippen LogP contribution in [0.5, 0.6) is 0 Å². The maximum atomic E-state index is 13.5. The monoisotopic (exact) mass is 579 g/mol. The number of rotatable bonds is 7. The molecule has 0 radical (unpaired) electrons. The Morgan fingerprint density at radius 2 is 1.77 bits per heavy atom. The zero-order valence-corrected chi connectivity index (χ0v) is 24.5. The van der Waals surface area contributed by atoms with Crippen molar-refractivity contribution in [2.24, 2.45) is 0 Å². The van der Waals surface area contributed by atoms with E-state index in [1.165, 1.54) is 34.5 Å². The summed E-state index contributed by atoms with van der Waals surface area (Å²) in [5.41, 5.74) is 2.50. The fraction of sp³-hybridized carbons (Fsp3) is 0.567. The second-order valence-corrected chi connectivity index (χ2v) is 14.0. The first-order chi connectivity index (χ1) is 18.6. The zero-order valence-electron chi connectivity index (χ0n) is 23.7. The molecule has 0 spiro atoms. The average Bonchev–Trinajstić information content (AvgIpc) is 2.86. The van der Waals surface area contributed by atoms with Gasteiger partial charge in [-0.15, -0.1) is 0 Å². The molecule has 1 heterocycles. The van der Waals surface area contributed by atoms with Crippen LogP contribution in [0, 0.1) is 6.92 Å². The van der Waals surface area contributed by atoms with Gasteiger partial charge < -0.3 is 10.6 Å². The first kappa shape index (κ1) is 30.5.